The number of rotatable bonds is 7. The normalized spacial score (nSPS) is 16.4. The Morgan fingerprint density at radius 2 is 1.68 bits per heavy atom. The number of aryl methyl sites for hydroxylation is 1. The quantitative estimate of drug-likeness (QED) is 0.344. The Bertz CT molecular complexity index is 1280. The number of benzene rings is 3. The van der Waals surface area contributed by atoms with Crippen molar-refractivity contribution in [1.82, 2.24) is 5.32 Å². The standard InChI is InChI=1S/C30H31F3N2O2/c1-5-20-6-8-21(9-7-20)28(36)35-27-18-29(3,4)17-23-11-10-22(16-26(23)27)19(2)34-24-12-14-25(15-13-24)37-30(31,32)33/h6-16,27,34H,2,5,17-18H2,1,3-4H3,(H,35,36)/t27-/m0/s1. The van der Waals surface area contributed by atoms with Crippen LogP contribution in [-0.4, -0.2) is 12.3 Å². The maximum absolute atomic E-state index is 13.1. The van der Waals surface area contributed by atoms with Crippen molar-refractivity contribution < 1.29 is 22.7 Å². The van der Waals surface area contributed by atoms with Crippen molar-refractivity contribution in [3.8, 4) is 5.75 Å². The number of ether oxygens (including phenoxy) is 1. The van der Waals surface area contributed by atoms with Crippen LogP contribution in [0.3, 0.4) is 0 Å². The molecule has 0 unspecified atom stereocenters. The van der Waals surface area contributed by atoms with E-state index >= 15 is 0 Å². The van der Waals surface area contributed by atoms with Gasteiger partial charge in [-0.05, 0) is 89.4 Å². The van der Waals surface area contributed by atoms with Gasteiger partial charge in [0.2, 0.25) is 0 Å². The summed E-state index contributed by atoms with van der Waals surface area (Å²) in [6.45, 7) is 10.6. The van der Waals surface area contributed by atoms with Gasteiger partial charge in [-0.2, -0.15) is 0 Å². The van der Waals surface area contributed by atoms with Gasteiger partial charge in [0.1, 0.15) is 5.75 Å². The highest BCUT2D eigenvalue weighted by atomic mass is 19.4. The highest BCUT2D eigenvalue weighted by molar-refractivity contribution is 5.94. The van der Waals surface area contributed by atoms with Crippen LogP contribution in [0.2, 0.25) is 0 Å². The van der Waals surface area contributed by atoms with Crippen LogP contribution >= 0.6 is 0 Å². The smallest absolute Gasteiger partial charge is 0.406 e. The molecule has 2 N–H and O–H groups in total. The molecule has 1 amide bonds. The predicted molar refractivity (Wildman–Crippen MR) is 140 cm³/mol. The van der Waals surface area contributed by atoms with Crippen molar-refractivity contribution in [1.29, 1.82) is 0 Å². The Morgan fingerprint density at radius 3 is 2.30 bits per heavy atom. The average Bonchev–Trinajstić information content (AvgIpc) is 2.83. The van der Waals surface area contributed by atoms with E-state index in [4.69, 9.17) is 0 Å². The summed E-state index contributed by atoms with van der Waals surface area (Å²) in [6.07, 6.45) is -2.14. The zero-order valence-corrected chi connectivity index (χ0v) is 21.2. The van der Waals surface area contributed by atoms with E-state index < -0.39 is 6.36 Å². The van der Waals surface area contributed by atoms with E-state index in [0.717, 1.165) is 30.4 Å². The molecule has 0 bridgehead atoms. The molecular weight excluding hydrogens is 477 g/mol. The summed E-state index contributed by atoms with van der Waals surface area (Å²) >= 11 is 0. The second-order valence-electron chi connectivity index (χ2n) is 10.2. The molecule has 7 heteroatoms. The minimum Gasteiger partial charge on any atom is -0.406 e. The van der Waals surface area contributed by atoms with Crippen molar-refractivity contribution in [2.75, 3.05) is 5.32 Å². The Labute approximate surface area is 215 Å². The number of amides is 1. The summed E-state index contributed by atoms with van der Waals surface area (Å²) in [4.78, 5) is 13.1. The summed E-state index contributed by atoms with van der Waals surface area (Å²) in [5.41, 5.74) is 6.06. The average molecular weight is 509 g/mol. The van der Waals surface area contributed by atoms with Gasteiger partial charge in [-0.3, -0.25) is 4.79 Å². The fourth-order valence-electron chi connectivity index (χ4n) is 4.77. The topological polar surface area (TPSA) is 50.4 Å². The Balaban J connectivity index is 1.52. The van der Waals surface area contributed by atoms with Crippen LogP contribution in [0.5, 0.6) is 5.75 Å². The van der Waals surface area contributed by atoms with Crippen molar-refractivity contribution in [3.05, 3.63) is 101 Å². The second-order valence-corrected chi connectivity index (χ2v) is 10.2. The molecule has 194 valence electrons. The lowest BCUT2D eigenvalue weighted by molar-refractivity contribution is -0.274. The van der Waals surface area contributed by atoms with E-state index in [0.29, 0.717) is 16.9 Å². The Kier molecular flexibility index (Phi) is 7.35. The second kappa shape index (κ2) is 10.3. The number of hydrogen-bond donors (Lipinski definition) is 2. The van der Waals surface area contributed by atoms with Crippen LogP contribution in [0.15, 0.2) is 73.3 Å². The SMILES string of the molecule is C=C(Nc1ccc(OC(F)(F)F)cc1)c1ccc2c(c1)[C@@H](NC(=O)c1ccc(CC)cc1)CC(C)(C)C2. The maximum Gasteiger partial charge on any atom is 0.573 e. The molecule has 0 saturated heterocycles. The third-order valence-corrected chi connectivity index (χ3v) is 6.61. The van der Waals surface area contributed by atoms with E-state index in [-0.39, 0.29) is 23.1 Å². The van der Waals surface area contributed by atoms with Crippen LogP contribution in [0.25, 0.3) is 5.70 Å². The highest BCUT2D eigenvalue weighted by Crippen LogP contribution is 2.41. The summed E-state index contributed by atoms with van der Waals surface area (Å²) < 4.78 is 41.2. The van der Waals surface area contributed by atoms with Gasteiger partial charge in [0.25, 0.3) is 5.91 Å². The minimum atomic E-state index is -4.73. The number of carbonyl (C=O) groups excluding carboxylic acids is 1. The Morgan fingerprint density at radius 1 is 1.03 bits per heavy atom. The van der Waals surface area contributed by atoms with Gasteiger partial charge in [0, 0.05) is 16.9 Å². The first-order chi connectivity index (χ1) is 17.4. The van der Waals surface area contributed by atoms with Gasteiger partial charge in [-0.15, -0.1) is 13.2 Å². The number of carbonyl (C=O) groups is 1. The van der Waals surface area contributed by atoms with E-state index in [1.807, 2.05) is 36.4 Å². The van der Waals surface area contributed by atoms with E-state index in [1.165, 1.54) is 35.4 Å². The highest BCUT2D eigenvalue weighted by Gasteiger charge is 2.33. The third kappa shape index (κ3) is 6.73. The molecule has 0 aliphatic heterocycles. The maximum atomic E-state index is 13.1. The number of alkyl halides is 3. The van der Waals surface area contributed by atoms with E-state index in [2.05, 4.69) is 48.8 Å². The first kappa shape index (κ1) is 26.3. The molecule has 0 fully saturated rings. The molecule has 0 radical (unpaired) electrons. The fourth-order valence-corrected chi connectivity index (χ4v) is 4.77. The first-order valence-corrected chi connectivity index (χ1v) is 12.3. The van der Waals surface area contributed by atoms with Crippen LogP contribution in [0.1, 0.15) is 65.8 Å². The van der Waals surface area contributed by atoms with Gasteiger partial charge in [0.15, 0.2) is 0 Å². The largest absolute Gasteiger partial charge is 0.573 e. The zero-order chi connectivity index (χ0) is 26.8. The summed E-state index contributed by atoms with van der Waals surface area (Å²) in [6, 6.07) is 19.1. The van der Waals surface area contributed by atoms with Crippen LogP contribution < -0.4 is 15.4 Å². The number of fused-ring (bicyclic) bond motifs is 1. The molecule has 3 aromatic carbocycles. The molecule has 4 rings (SSSR count). The van der Waals surface area contributed by atoms with Crippen molar-refractivity contribution in [2.45, 2.75) is 52.4 Å². The predicted octanol–water partition coefficient (Wildman–Crippen LogP) is 7.67. The number of nitrogens with one attached hydrogen (secondary N) is 2. The molecule has 0 aromatic heterocycles. The fraction of sp³-hybridized carbons (Fsp3) is 0.300. The van der Waals surface area contributed by atoms with Gasteiger partial charge in [-0.25, -0.2) is 0 Å². The minimum absolute atomic E-state index is 0.0218. The first-order valence-electron chi connectivity index (χ1n) is 12.3. The number of hydrogen-bond acceptors (Lipinski definition) is 3. The van der Waals surface area contributed by atoms with Gasteiger partial charge in [0.05, 0.1) is 6.04 Å². The van der Waals surface area contributed by atoms with E-state index in [9.17, 15) is 18.0 Å². The van der Waals surface area contributed by atoms with Gasteiger partial charge in [-0.1, -0.05) is 51.6 Å². The molecule has 1 aliphatic carbocycles. The lowest BCUT2D eigenvalue weighted by Crippen LogP contribution is -2.36. The summed E-state index contributed by atoms with van der Waals surface area (Å²) in [5, 5.41) is 6.38. The molecular formula is C30H31F3N2O2. The summed E-state index contributed by atoms with van der Waals surface area (Å²) in [5.74, 6) is -0.400. The molecule has 0 saturated carbocycles. The van der Waals surface area contributed by atoms with Crippen LogP contribution in [0.4, 0.5) is 18.9 Å². The lowest BCUT2D eigenvalue weighted by atomic mass is 9.71. The molecule has 37 heavy (non-hydrogen) atoms. The van der Waals surface area contributed by atoms with Crippen LogP contribution in [0, 0.1) is 5.41 Å². The van der Waals surface area contributed by atoms with Crippen molar-refractivity contribution >= 4 is 17.3 Å². The van der Waals surface area contributed by atoms with Gasteiger partial charge >= 0.3 is 6.36 Å². The number of halogens is 3. The molecule has 1 aliphatic rings. The molecule has 1 atom stereocenters. The zero-order valence-electron chi connectivity index (χ0n) is 21.2. The third-order valence-electron chi connectivity index (χ3n) is 6.61. The molecule has 0 heterocycles. The molecule has 0 spiro atoms. The van der Waals surface area contributed by atoms with Gasteiger partial charge < -0.3 is 15.4 Å². The van der Waals surface area contributed by atoms with Crippen molar-refractivity contribution in [2.24, 2.45) is 5.41 Å². The van der Waals surface area contributed by atoms with Crippen molar-refractivity contribution in [3.63, 3.8) is 0 Å². The molecule has 4 nitrogen and oxygen atoms in total. The number of anilines is 1. The van der Waals surface area contributed by atoms with Crippen LogP contribution in [-0.2, 0) is 12.8 Å². The lowest BCUT2D eigenvalue weighted by Gasteiger charge is -2.37. The van der Waals surface area contributed by atoms with E-state index in [1.54, 1.807) is 0 Å². The Hall–Kier alpha value is -3.74. The molecule has 3 aromatic rings. The monoisotopic (exact) mass is 508 g/mol. The summed E-state index contributed by atoms with van der Waals surface area (Å²) in [7, 11) is 0.